The average Bonchev–Trinajstić information content (AvgIpc) is 2.68. The molecule has 0 saturated carbocycles. The molecule has 0 spiro atoms. The van der Waals surface area contributed by atoms with Crippen LogP contribution >= 0.6 is 38.9 Å². The molecule has 2 aromatic rings. The SMILES string of the molecule is O=C(Nc1ccccc1Cl)c1csc(Br)c1. The van der Waals surface area contributed by atoms with Gasteiger partial charge in [-0.25, -0.2) is 0 Å². The van der Waals surface area contributed by atoms with Crippen LogP contribution in [0.25, 0.3) is 0 Å². The van der Waals surface area contributed by atoms with E-state index in [1.807, 2.05) is 12.1 Å². The summed E-state index contributed by atoms with van der Waals surface area (Å²) in [5.74, 6) is -0.157. The number of nitrogens with one attached hydrogen (secondary N) is 1. The molecule has 0 saturated heterocycles. The summed E-state index contributed by atoms with van der Waals surface area (Å²) in [7, 11) is 0. The zero-order chi connectivity index (χ0) is 11.5. The lowest BCUT2D eigenvalue weighted by Gasteiger charge is -2.05. The Balaban J connectivity index is 2.17. The molecule has 0 bridgehead atoms. The summed E-state index contributed by atoms with van der Waals surface area (Å²) in [6.07, 6.45) is 0. The Hall–Kier alpha value is -0.840. The normalized spacial score (nSPS) is 10.1. The number of hydrogen-bond donors (Lipinski definition) is 1. The van der Waals surface area contributed by atoms with Gasteiger partial charge in [-0.2, -0.15) is 0 Å². The van der Waals surface area contributed by atoms with Crippen LogP contribution in [0.2, 0.25) is 5.02 Å². The number of amides is 1. The van der Waals surface area contributed by atoms with Crippen LogP contribution in [-0.4, -0.2) is 5.91 Å². The first-order valence-corrected chi connectivity index (χ1v) is 6.52. The van der Waals surface area contributed by atoms with Crippen molar-refractivity contribution in [2.24, 2.45) is 0 Å². The maximum absolute atomic E-state index is 11.8. The van der Waals surface area contributed by atoms with Crippen molar-refractivity contribution < 1.29 is 4.79 Å². The van der Waals surface area contributed by atoms with Gasteiger partial charge in [0.15, 0.2) is 0 Å². The van der Waals surface area contributed by atoms with Gasteiger partial charge in [0, 0.05) is 5.38 Å². The number of para-hydroxylation sites is 1. The van der Waals surface area contributed by atoms with Crippen molar-refractivity contribution in [1.82, 2.24) is 0 Å². The molecule has 2 rings (SSSR count). The highest BCUT2D eigenvalue weighted by molar-refractivity contribution is 9.11. The summed E-state index contributed by atoms with van der Waals surface area (Å²) in [5, 5.41) is 5.08. The van der Waals surface area contributed by atoms with Crippen molar-refractivity contribution in [3.8, 4) is 0 Å². The lowest BCUT2D eigenvalue weighted by atomic mass is 10.3. The van der Waals surface area contributed by atoms with Crippen LogP contribution in [0, 0.1) is 0 Å². The van der Waals surface area contributed by atoms with Gasteiger partial charge in [0.1, 0.15) is 0 Å². The van der Waals surface area contributed by atoms with E-state index in [9.17, 15) is 4.79 Å². The van der Waals surface area contributed by atoms with Crippen molar-refractivity contribution in [2.75, 3.05) is 5.32 Å². The number of benzene rings is 1. The van der Waals surface area contributed by atoms with Gasteiger partial charge in [-0.05, 0) is 34.1 Å². The van der Waals surface area contributed by atoms with Crippen LogP contribution < -0.4 is 5.32 Å². The highest BCUT2D eigenvalue weighted by Crippen LogP contribution is 2.24. The molecule has 0 fully saturated rings. The predicted octanol–water partition coefficient (Wildman–Crippen LogP) is 4.42. The van der Waals surface area contributed by atoms with Gasteiger partial charge < -0.3 is 5.32 Å². The Morgan fingerprint density at radius 3 is 2.75 bits per heavy atom. The fraction of sp³-hybridized carbons (Fsp3) is 0. The largest absolute Gasteiger partial charge is 0.321 e. The third-order valence-electron chi connectivity index (χ3n) is 1.95. The van der Waals surface area contributed by atoms with Crippen molar-refractivity contribution in [3.05, 3.63) is 50.1 Å². The zero-order valence-corrected chi connectivity index (χ0v) is 11.2. The molecule has 0 radical (unpaired) electrons. The summed E-state index contributed by atoms with van der Waals surface area (Å²) in [5.41, 5.74) is 1.24. The van der Waals surface area contributed by atoms with Gasteiger partial charge in [-0.1, -0.05) is 23.7 Å². The third-order valence-corrected chi connectivity index (χ3v) is 3.79. The van der Waals surface area contributed by atoms with E-state index in [2.05, 4.69) is 21.2 Å². The molecule has 0 atom stereocenters. The number of anilines is 1. The summed E-state index contributed by atoms with van der Waals surface area (Å²) in [4.78, 5) is 11.8. The number of rotatable bonds is 2. The van der Waals surface area contributed by atoms with Gasteiger partial charge >= 0.3 is 0 Å². The van der Waals surface area contributed by atoms with Crippen LogP contribution in [0.4, 0.5) is 5.69 Å². The first-order valence-electron chi connectivity index (χ1n) is 4.47. The lowest BCUT2D eigenvalue weighted by molar-refractivity contribution is 0.102. The number of carbonyl (C=O) groups excluding carboxylic acids is 1. The topological polar surface area (TPSA) is 29.1 Å². The highest BCUT2D eigenvalue weighted by Gasteiger charge is 2.09. The first kappa shape index (κ1) is 11.6. The third kappa shape index (κ3) is 2.64. The Kier molecular flexibility index (Phi) is 3.63. The Morgan fingerprint density at radius 1 is 1.38 bits per heavy atom. The molecular weight excluding hydrogens is 310 g/mol. The van der Waals surface area contributed by atoms with Crippen molar-refractivity contribution in [3.63, 3.8) is 0 Å². The summed E-state index contributed by atoms with van der Waals surface area (Å²) in [6, 6.07) is 8.92. The summed E-state index contributed by atoms with van der Waals surface area (Å²) >= 11 is 10.7. The molecule has 1 N–H and O–H groups in total. The summed E-state index contributed by atoms with van der Waals surface area (Å²) in [6.45, 7) is 0. The Morgan fingerprint density at radius 2 is 2.12 bits per heavy atom. The monoisotopic (exact) mass is 315 g/mol. The molecule has 2 nitrogen and oxygen atoms in total. The van der Waals surface area contributed by atoms with Gasteiger partial charge in [0.05, 0.1) is 20.1 Å². The van der Waals surface area contributed by atoms with Crippen LogP contribution in [0.3, 0.4) is 0 Å². The van der Waals surface area contributed by atoms with Crippen molar-refractivity contribution in [1.29, 1.82) is 0 Å². The summed E-state index contributed by atoms with van der Waals surface area (Å²) < 4.78 is 0.928. The quantitative estimate of drug-likeness (QED) is 0.873. The van der Waals surface area contributed by atoms with Gasteiger partial charge in [0.2, 0.25) is 0 Å². The minimum absolute atomic E-state index is 0.157. The fourth-order valence-corrected chi connectivity index (χ4v) is 2.51. The maximum Gasteiger partial charge on any atom is 0.256 e. The van der Waals surface area contributed by atoms with Crippen LogP contribution in [0.15, 0.2) is 39.5 Å². The smallest absolute Gasteiger partial charge is 0.256 e. The molecule has 0 aliphatic carbocycles. The number of hydrogen-bond acceptors (Lipinski definition) is 2. The highest BCUT2D eigenvalue weighted by atomic mass is 79.9. The lowest BCUT2D eigenvalue weighted by Crippen LogP contribution is -2.10. The minimum Gasteiger partial charge on any atom is -0.321 e. The van der Waals surface area contributed by atoms with E-state index in [4.69, 9.17) is 11.6 Å². The zero-order valence-electron chi connectivity index (χ0n) is 8.04. The predicted molar refractivity (Wildman–Crippen MR) is 71.4 cm³/mol. The number of carbonyl (C=O) groups is 1. The van der Waals surface area contributed by atoms with Gasteiger partial charge in [-0.15, -0.1) is 11.3 Å². The van der Waals surface area contributed by atoms with E-state index in [0.29, 0.717) is 16.3 Å². The molecule has 1 amide bonds. The fourth-order valence-electron chi connectivity index (χ4n) is 1.19. The van der Waals surface area contributed by atoms with Crippen molar-refractivity contribution >= 4 is 50.5 Å². The van der Waals surface area contributed by atoms with E-state index < -0.39 is 0 Å². The molecular formula is C11H7BrClNOS. The van der Waals surface area contributed by atoms with Crippen LogP contribution in [0.1, 0.15) is 10.4 Å². The molecule has 0 aliphatic heterocycles. The minimum atomic E-state index is -0.157. The second kappa shape index (κ2) is 4.99. The molecule has 1 aromatic heterocycles. The second-order valence-corrected chi connectivity index (χ2v) is 5.77. The molecule has 0 aliphatic rings. The standard InChI is InChI=1S/C11H7BrClNOS/c12-10-5-7(6-16-10)11(15)14-9-4-2-1-3-8(9)13/h1-6H,(H,14,15). The first-order chi connectivity index (χ1) is 7.66. The Bertz CT molecular complexity index is 526. The van der Waals surface area contributed by atoms with E-state index in [-0.39, 0.29) is 5.91 Å². The molecule has 16 heavy (non-hydrogen) atoms. The van der Waals surface area contributed by atoms with E-state index >= 15 is 0 Å². The molecule has 5 heteroatoms. The average molecular weight is 317 g/mol. The number of halogens is 2. The molecule has 0 unspecified atom stereocenters. The Labute approximate surface area is 110 Å². The molecule has 1 heterocycles. The van der Waals surface area contributed by atoms with Crippen molar-refractivity contribution in [2.45, 2.75) is 0 Å². The number of thiophene rings is 1. The molecule has 1 aromatic carbocycles. The van der Waals surface area contributed by atoms with E-state index in [1.54, 1.807) is 23.6 Å². The maximum atomic E-state index is 11.8. The van der Waals surface area contributed by atoms with E-state index in [0.717, 1.165) is 3.79 Å². The van der Waals surface area contributed by atoms with Gasteiger partial charge in [-0.3, -0.25) is 4.79 Å². The second-order valence-electron chi connectivity index (χ2n) is 3.07. The molecule has 82 valence electrons. The van der Waals surface area contributed by atoms with Crippen LogP contribution in [0.5, 0.6) is 0 Å². The van der Waals surface area contributed by atoms with Gasteiger partial charge in [0.25, 0.3) is 5.91 Å². The van der Waals surface area contributed by atoms with Crippen LogP contribution in [-0.2, 0) is 0 Å². The van der Waals surface area contributed by atoms with E-state index in [1.165, 1.54) is 11.3 Å².